The van der Waals surface area contributed by atoms with E-state index in [-0.39, 0.29) is 23.7 Å². The van der Waals surface area contributed by atoms with Gasteiger partial charge in [0, 0.05) is 23.1 Å². The number of benzene rings is 3. The first-order valence-corrected chi connectivity index (χ1v) is 10.4. The molecule has 0 amide bonds. The van der Waals surface area contributed by atoms with Crippen molar-refractivity contribution in [2.45, 2.75) is 12.3 Å². The Labute approximate surface area is 182 Å². The molecule has 0 N–H and O–H groups in total. The number of pyridine rings is 1. The van der Waals surface area contributed by atoms with Gasteiger partial charge in [-0.25, -0.2) is 0 Å². The Morgan fingerprint density at radius 2 is 1.78 bits per heavy atom. The Morgan fingerprint density at radius 3 is 2.66 bits per heavy atom. The first-order valence-electron chi connectivity index (χ1n) is 10.4. The summed E-state index contributed by atoms with van der Waals surface area (Å²) in [5.41, 5.74) is 4.19. The smallest absolute Gasteiger partial charge is 0.312 e. The minimum absolute atomic E-state index is 0.112. The topological polar surface area (TPSA) is 69.4 Å². The molecule has 0 fully saturated rings. The van der Waals surface area contributed by atoms with Crippen LogP contribution in [0.15, 0.2) is 94.5 Å². The minimum atomic E-state index is -0.309. The Morgan fingerprint density at radius 1 is 0.906 bits per heavy atom. The lowest BCUT2D eigenvalue weighted by molar-refractivity contribution is -0.135. The quantitative estimate of drug-likeness (QED) is 0.281. The molecule has 1 unspecified atom stereocenters. The van der Waals surface area contributed by atoms with Crippen molar-refractivity contribution in [1.29, 1.82) is 0 Å². The van der Waals surface area contributed by atoms with E-state index >= 15 is 0 Å². The van der Waals surface area contributed by atoms with Gasteiger partial charge in [0.15, 0.2) is 0 Å². The van der Waals surface area contributed by atoms with E-state index in [9.17, 15) is 9.59 Å². The summed E-state index contributed by atoms with van der Waals surface area (Å²) in [6, 6.07) is 22.6. The van der Waals surface area contributed by atoms with Crippen molar-refractivity contribution in [3.63, 3.8) is 0 Å². The van der Waals surface area contributed by atoms with Crippen LogP contribution in [0.4, 0.5) is 0 Å². The van der Waals surface area contributed by atoms with E-state index in [1.54, 1.807) is 18.3 Å². The van der Waals surface area contributed by atoms with Crippen molar-refractivity contribution in [3.8, 4) is 16.9 Å². The summed E-state index contributed by atoms with van der Waals surface area (Å²) in [4.78, 5) is 30.1. The summed E-state index contributed by atoms with van der Waals surface area (Å²) in [6.45, 7) is 0. The van der Waals surface area contributed by atoms with E-state index in [1.165, 1.54) is 6.26 Å². The van der Waals surface area contributed by atoms with Crippen molar-refractivity contribution in [1.82, 2.24) is 4.98 Å². The maximum atomic E-state index is 13.3. The van der Waals surface area contributed by atoms with Gasteiger partial charge in [-0.15, -0.1) is 0 Å². The van der Waals surface area contributed by atoms with Crippen molar-refractivity contribution in [2.75, 3.05) is 0 Å². The summed E-state index contributed by atoms with van der Waals surface area (Å²) in [6.07, 6.45) is 3.42. The zero-order valence-electron chi connectivity index (χ0n) is 16.9. The van der Waals surface area contributed by atoms with Crippen LogP contribution < -0.4 is 10.2 Å². The van der Waals surface area contributed by atoms with E-state index in [2.05, 4.69) is 4.98 Å². The van der Waals surface area contributed by atoms with Crippen LogP contribution in [0, 0.1) is 0 Å². The fourth-order valence-electron chi connectivity index (χ4n) is 4.47. The predicted octanol–water partition coefficient (Wildman–Crippen LogP) is 5.45. The van der Waals surface area contributed by atoms with Gasteiger partial charge < -0.3 is 9.15 Å². The second-order valence-corrected chi connectivity index (χ2v) is 7.88. The Hall–Kier alpha value is -4.25. The molecule has 1 aliphatic heterocycles. The molecular formula is C27H17NO4. The maximum absolute atomic E-state index is 13.3. The average Bonchev–Trinajstić information content (AvgIpc) is 2.83. The monoisotopic (exact) mass is 419 g/mol. The van der Waals surface area contributed by atoms with Gasteiger partial charge in [-0.3, -0.25) is 14.6 Å². The van der Waals surface area contributed by atoms with Gasteiger partial charge in [-0.2, -0.15) is 0 Å². The summed E-state index contributed by atoms with van der Waals surface area (Å²) in [7, 11) is 0. The molecule has 0 radical (unpaired) electrons. The molecule has 2 aromatic heterocycles. The largest absolute Gasteiger partial charge is 0.463 e. The fourth-order valence-corrected chi connectivity index (χ4v) is 4.47. The minimum Gasteiger partial charge on any atom is -0.463 e. The van der Waals surface area contributed by atoms with Gasteiger partial charge in [0.1, 0.15) is 17.6 Å². The highest BCUT2D eigenvalue weighted by Crippen LogP contribution is 2.43. The van der Waals surface area contributed by atoms with Gasteiger partial charge in [-0.05, 0) is 41.5 Å². The van der Waals surface area contributed by atoms with Crippen molar-refractivity contribution in [3.05, 3.63) is 107 Å². The molecule has 3 aromatic carbocycles. The molecule has 6 rings (SSSR count). The van der Waals surface area contributed by atoms with Gasteiger partial charge in [-0.1, -0.05) is 42.5 Å². The lowest BCUT2D eigenvalue weighted by atomic mass is 9.84. The summed E-state index contributed by atoms with van der Waals surface area (Å²) in [5, 5.41) is 1.45. The third-order valence-corrected chi connectivity index (χ3v) is 6.00. The number of carbonyl (C=O) groups excluding carboxylic acids is 1. The molecule has 0 aliphatic carbocycles. The van der Waals surface area contributed by atoms with Gasteiger partial charge in [0.05, 0.1) is 22.9 Å². The van der Waals surface area contributed by atoms with Crippen molar-refractivity contribution >= 4 is 27.8 Å². The number of esters is 1. The molecule has 3 heterocycles. The van der Waals surface area contributed by atoms with E-state index in [4.69, 9.17) is 9.15 Å². The summed E-state index contributed by atoms with van der Waals surface area (Å²) >= 11 is 0. The highest BCUT2D eigenvalue weighted by atomic mass is 16.5. The van der Waals surface area contributed by atoms with Crippen molar-refractivity contribution < 1.29 is 13.9 Å². The van der Waals surface area contributed by atoms with Crippen LogP contribution in [0.1, 0.15) is 23.5 Å². The molecule has 5 nitrogen and oxygen atoms in total. The zero-order valence-corrected chi connectivity index (χ0v) is 16.9. The molecule has 154 valence electrons. The SMILES string of the molecule is O=C1CC(c2ccc3ncccc3c2)c2c(ccc3c(=O)c(-c4ccccc4)coc23)O1. The number of ether oxygens (including phenoxy) is 1. The van der Waals surface area contributed by atoms with Gasteiger partial charge in [0.25, 0.3) is 0 Å². The third kappa shape index (κ3) is 2.90. The highest BCUT2D eigenvalue weighted by molar-refractivity contribution is 5.90. The molecule has 0 bridgehead atoms. The number of fused-ring (bicyclic) bond motifs is 4. The van der Waals surface area contributed by atoms with Gasteiger partial charge in [0.2, 0.25) is 5.43 Å². The highest BCUT2D eigenvalue weighted by Gasteiger charge is 2.32. The first-order chi connectivity index (χ1) is 15.7. The molecule has 0 saturated carbocycles. The van der Waals surface area contributed by atoms with Crippen LogP contribution >= 0.6 is 0 Å². The molecule has 0 saturated heterocycles. The number of carbonyl (C=O) groups is 1. The van der Waals surface area contributed by atoms with Crippen LogP contribution in [0.3, 0.4) is 0 Å². The summed E-state index contributed by atoms with van der Waals surface area (Å²) in [5.74, 6) is -0.165. The number of hydrogen-bond acceptors (Lipinski definition) is 5. The lowest BCUT2D eigenvalue weighted by Crippen LogP contribution is -2.22. The molecular weight excluding hydrogens is 402 g/mol. The van der Waals surface area contributed by atoms with Crippen LogP contribution in [0.25, 0.3) is 33.0 Å². The molecule has 32 heavy (non-hydrogen) atoms. The molecule has 1 aliphatic rings. The maximum Gasteiger partial charge on any atom is 0.312 e. The van der Waals surface area contributed by atoms with E-state index in [0.717, 1.165) is 27.6 Å². The Balaban J connectivity index is 1.58. The van der Waals surface area contributed by atoms with E-state index < -0.39 is 0 Å². The van der Waals surface area contributed by atoms with Crippen molar-refractivity contribution in [2.24, 2.45) is 0 Å². The van der Waals surface area contributed by atoms with Crippen LogP contribution in [0.2, 0.25) is 0 Å². The second kappa shape index (κ2) is 7.17. The molecule has 5 heteroatoms. The van der Waals surface area contributed by atoms with Crippen LogP contribution in [0.5, 0.6) is 5.75 Å². The van der Waals surface area contributed by atoms with Gasteiger partial charge >= 0.3 is 5.97 Å². The van der Waals surface area contributed by atoms with Crippen LogP contribution in [-0.4, -0.2) is 11.0 Å². The summed E-state index contributed by atoms with van der Waals surface area (Å²) < 4.78 is 11.6. The number of hydrogen-bond donors (Lipinski definition) is 0. The average molecular weight is 419 g/mol. The Bertz CT molecular complexity index is 1570. The second-order valence-electron chi connectivity index (χ2n) is 7.88. The first kappa shape index (κ1) is 18.5. The Kier molecular flexibility index (Phi) is 4.15. The normalized spacial score (nSPS) is 15.5. The molecule has 0 spiro atoms. The molecule has 1 atom stereocenters. The van der Waals surface area contributed by atoms with E-state index in [0.29, 0.717) is 22.3 Å². The third-order valence-electron chi connectivity index (χ3n) is 6.00. The van der Waals surface area contributed by atoms with E-state index in [1.807, 2.05) is 60.7 Å². The lowest BCUT2D eigenvalue weighted by Gasteiger charge is -2.25. The zero-order chi connectivity index (χ0) is 21.7. The number of aromatic nitrogens is 1. The standard InChI is InChI=1S/C27H17NO4/c29-24-14-20(17-8-10-22-18(13-17)7-4-12-28-22)25-23(32-24)11-9-19-26(30)21(15-31-27(19)25)16-5-2-1-3-6-16/h1-13,15,20H,14H2. The van der Waals surface area contributed by atoms with Crippen LogP contribution in [-0.2, 0) is 4.79 Å². The number of rotatable bonds is 2. The fraction of sp³-hybridized carbons (Fsp3) is 0.0741. The number of nitrogens with zero attached hydrogens (tertiary/aromatic N) is 1. The molecule has 5 aromatic rings. The predicted molar refractivity (Wildman–Crippen MR) is 122 cm³/mol.